The number of carboxylic acids is 1. The molecule has 0 aliphatic heterocycles. The number of ether oxygens (including phenoxy) is 1. The van der Waals surface area contributed by atoms with Crippen molar-refractivity contribution >= 4 is 62.7 Å². The smallest absolute Gasteiger partial charge is 0.414 e. The van der Waals surface area contributed by atoms with Crippen LogP contribution < -0.4 is 21.1 Å². The zero-order valence-corrected chi connectivity index (χ0v) is 18.7. The van der Waals surface area contributed by atoms with Gasteiger partial charge in [0, 0.05) is 6.07 Å². The van der Waals surface area contributed by atoms with E-state index in [1.807, 2.05) is 24.3 Å². The first kappa shape index (κ1) is 22.4. The van der Waals surface area contributed by atoms with Crippen molar-refractivity contribution < 1.29 is 24.2 Å². The Balaban J connectivity index is 1.46. The van der Waals surface area contributed by atoms with Crippen LogP contribution in [0.3, 0.4) is 0 Å². The van der Waals surface area contributed by atoms with E-state index in [0.717, 1.165) is 15.8 Å². The van der Waals surface area contributed by atoms with Crippen LogP contribution in [0.1, 0.15) is 23.6 Å². The number of aromatic nitrogens is 1. The number of nitrogens with one attached hydrogen (secondary N) is 3. The molecule has 0 saturated carbocycles. The summed E-state index contributed by atoms with van der Waals surface area (Å²) in [6.07, 6.45) is -0.642. The summed E-state index contributed by atoms with van der Waals surface area (Å²) in [6, 6.07) is 6.66. The topological polar surface area (TPSA) is 147 Å². The van der Waals surface area contributed by atoms with Crippen LogP contribution >= 0.6 is 34.5 Å². The number of H-pyrrole nitrogens is 1. The molecular weight excluding hydrogens is 479 g/mol. The van der Waals surface area contributed by atoms with Gasteiger partial charge in [-0.1, -0.05) is 47.5 Å². The van der Waals surface area contributed by atoms with E-state index >= 15 is 0 Å². The van der Waals surface area contributed by atoms with Crippen molar-refractivity contribution in [3.8, 4) is 5.88 Å². The number of rotatable bonds is 6. The summed E-state index contributed by atoms with van der Waals surface area (Å²) in [7, 11) is 0. The fraction of sp³-hybridized carbons (Fsp3) is 0.250. The number of aromatic amines is 1. The van der Waals surface area contributed by atoms with Gasteiger partial charge in [-0.05, 0) is 17.5 Å². The number of amides is 2. The summed E-state index contributed by atoms with van der Waals surface area (Å²) in [5, 5.41) is 14.8. The van der Waals surface area contributed by atoms with E-state index in [1.165, 1.54) is 11.3 Å². The standard InChI is InChI=1S/C20H18Cl2N4O5S/c21-15-17-12(32-18(15)22)7-14(26-17)31-20(30)24-11-5-8-3-1-2-4-9(8)16(11)25-13(27)6-10(23)19(28)29/h1-4,7,10-11,16,26H,5-6,23H2,(H,24,30)(H,25,27)(H,28,29)/t10-,11+,16+/m0/s1. The van der Waals surface area contributed by atoms with Gasteiger partial charge < -0.3 is 31.2 Å². The Morgan fingerprint density at radius 1 is 1.28 bits per heavy atom. The first-order valence-corrected chi connectivity index (χ1v) is 11.1. The number of carbonyl (C=O) groups excluding carboxylic acids is 2. The number of carboxylic acid groups (broad SMARTS) is 1. The highest BCUT2D eigenvalue weighted by Crippen LogP contribution is 2.40. The van der Waals surface area contributed by atoms with Crippen LogP contribution in [0.5, 0.6) is 5.88 Å². The molecule has 0 radical (unpaired) electrons. The Morgan fingerprint density at radius 3 is 2.75 bits per heavy atom. The second-order valence-corrected chi connectivity index (χ2v) is 9.33. The van der Waals surface area contributed by atoms with Crippen LogP contribution in [0, 0.1) is 0 Å². The zero-order chi connectivity index (χ0) is 23.0. The number of fused-ring (bicyclic) bond motifs is 2. The first-order valence-electron chi connectivity index (χ1n) is 9.53. The number of nitrogens with two attached hydrogens (primary N) is 1. The van der Waals surface area contributed by atoms with Gasteiger partial charge in [0.15, 0.2) is 0 Å². The van der Waals surface area contributed by atoms with Gasteiger partial charge in [-0.2, -0.15) is 0 Å². The molecule has 0 bridgehead atoms. The van der Waals surface area contributed by atoms with Crippen LogP contribution in [-0.2, 0) is 16.0 Å². The Labute approximate surface area is 195 Å². The molecule has 0 unspecified atom stereocenters. The lowest BCUT2D eigenvalue weighted by Crippen LogP contribution is -2.46. The van der Waals surface area contributed by atoms with E-state index in [4.69, 9.17) is 38.8 Å². The lowest BCUT2D eigenvalue weighted by atomic mass is 10.1. The maximum atomic E-state index is 12.5. The van der Waals surface area contributed by atoms with E-state index in [1.54, 1.807) is 6.07 Å². The maximum Gasteiger partial charge on any atom is 0.414 e. The monoisotopic (exact) mass is 496 g/mol. The maximum absolute atomic E-state index is 12.5. The molecule has 2 heterocycles. The van der Waals surface area contributed by atoms with Gasteiger partial charge in [-0.25, -0.2) is 4.79 Å². The molecule has 168 valence electrons. The minimum Gasteiger partial charge on any atom is -0.480 e. The molecule has 1 aliphatic rings. The van der Waals surface area contributed by atoms with Crippen molar-refractivity contribution in [2.45, 2.75) is 31.0 Å². The molecule has 0 saturated heterocycles. The van der Waals surface area contributed by atoms with Crippen LogP contribution in [0.2, 0.25) is 9.36 Å². The second kappa shape index (κ2) is 8.99. The predicted molar refractivity (Wildman–Crippen MR) is 120 cm³/mol. The van der Waals surface area contributed by atoms with Crippen LogP contribution in [-0.4, -0.2) is 40.1 Å². The molecule has 0 spiro atoms. The fourth-order valence-electron chi connectivity index (χ4n) is 3.66. The summed E-state index contributed by atoms with van der Waals surface area (Å²) >= 11 is 13.4. The van der Waals surface area contributed by atoms with E-state index < -0.39 is 36.1 Å². The molecule has 2 aromatic heterocycles. The predicted octanol–water partition coefficient (Wildman–Crippen LogP) is 3.21. The molecule has 4 rings (SSSR count). The number of carbonyl (C=O) groups is 3. The third-order valence-corrected chi connectivity index (χ3v) is 7.06. The summed E-state index contributed by atoms with van der Waals surface area (Å²) in [6.45, 7) is 0. The second-order valence-electron chi connectivity index (χ2n) is 7.30. The van der Waals surface area contributed by atoms with Crippen molar-refractivity contribution in [3.05, 3.63) is 50.8 Å². The molecule has 1 aromatic carbocycles. The van der Waals surface area contributed by atoms with Crippen LogP contribution in [0.15, 0.2) is 30.3 Å². The van der Waals surface area contributed by atoms with Gasteiger partial charge in [0.1, 0.15) is 10.4 Å². The molecule has 9 nitrogen and oxygen atoms in total. The Bertz CT molecular complexity index is 1210. The van der Waals surface area contributed by atoms with Crippen LogP contribution in [0.25, 0.3) is 10.2 Å². The minimum absolute atomic E-state index is 0.200. The molecule has 2 amide bonds. The molecule has 3 atom stereocenters. The van der Waals surface area contributed by atoms with Gasteiger partial charge in [0.05, 0.1) is 33.7 Å². The summed E-state index contributed by atoms with van der Waals surface area (Å²) in [5.41, 5.74) is 7.82. The van der Waals surface area contributed by atoms with Crippen molar-refractivity contribution in [2.75, 3.05) is 0 Å². The van der Waals surface area contributed by atoms with Gasteiger partial charge in [0.25, 0.3) is 0 Å². The third-order valence-electron chi connectivity index (χ3n) is 5.13. The highest BCUT2D eigenvalue weighted by Gasteiger charge is 2.35. The van der Waals surface area contributed by atoms with Crippen molar-refractivity contribution in [2.24, 2.45) is 5.73 Å². The lowest BCUT2D eigenvalue weighted by Gasteiger charge is -2.23. The van der Waals surface area contributed by atoms with E-state index in [2.05, 4.69) is 15.6 Å². The van der Waals surface area contributed by atoms with Gasteiger partial charge in [-0.15, -0.1) is 11.3 Å². The largest absolute Gasteiger partial charge is 0.480 e. The molecule has 12 heteroatoms. The average molecular weight is 497 g/mol. The third kappa shape index (κ3) is 4.53. The van der Waals surface area contributed by atoms with E-state index in [9.17, 15) is 14.4 Å². The van der Waals surface area contributed by atoms with Crippen LogP contribution in [0.4, 0.5) is 4.79 Å². The van der Waals surface area contributed by atoms with Gasteiger partial charge in [-0.3, -0.25) is 9.59 Å². The summed E-state index contributed by atoms with van der Waals surface area (Å²) in [5.74, 6) is -1.60. The summed E-state index contributed by atoms with van der Waals surface area (Å²) in [4.78, 5) is 38.7. The van der Waals surface area contributed by atoms with E-state index in [0.29, 0.717) is 21.3 Å². The molecule has 1 aliphatic carbocycles. The minimum atomic E-state index is -1.31. The van der Waals surface area contributed by atoms with Crippen molar-refractivity contribution in [1.29, 1.82) is 0 Å². The van der Waals surface area contributed by atoms with Crippen molar-refractivity contribution in [1.82, 2.24) is 15.6 Å². The molecular formula is C20H18Cl2N4O5S. The molecule has 32 heavy (non-hydrogen) atoms. The number of hydrogen-bond acceptors (Lipinski definition) is 6. The lowest BCUT2D eigenvalue weighted by molar-refractivity contribution is -0.140. The molecule has 0 fully saturated rings. The normalized spacial score (nSPS) is 18.2. The first-order chi connectivity index (χ1) is 15.2. The molecule has 6 N–H and O–H groups in total. The Morgan fingerprint density at radius 2 is 2.03 bits per heavy atom. The van der Waals surface area contributed by atoms with Gasteiger partial charge >= 0.3 is 12.1 Å². The summed E-state index contributed by atoms with van der Waals surface area (Å²) < 4.78 is 6.54. The Hall–Kier alpha value is -2.79. The average Bonchev–Trinajstić information content (AvgIpc) is 3.35. The molecule has 3 aromatic rings. The zero-order valence-electron chi connectivity index (χ0n) is 16.4. The van der Waals surface area contributed by atoms with Gasteiger partial charge in [0.2, 0.25) is 11.8 Å². The van der Waals surface area contributed by atoms with E-state index in [-0.39, 0.29) is 12.3 Å². The fourth-order valence-corrected chi connectivity index (χ4v) is 5.13. The quantitative estimate of drug-likeness (QED) is 0.354. The number of halogens is 2. The van der Waals surface area contributed by atoms with Crippen molar-refractivity contribution in [3.63, 3.8) is 0 Å². The number of aliphatic carboxylic acids is 1. The Kier molecular flexibility index (Phi) is 6.29. The highest BCUT2D eigenvalue weighted by atomic mass is 35.5. The number of benzene rings is 1. The number of thiophene rings is 1. The number of hydrogen-bond donors (Lipinski definition) is 5. The highest BCUT2D eigenvalue weighted by molar-refractivity contribution is 7.23. The SMILES string of the molecule is N[C@@H](CC(=O)N[C@@H]1c2ccccc2C[C@H]1NC(=O)Oc1cc2sc(Cl)c(Cl)c2[nH]1)C(=O)O.